The highest BCUT2D eigenvalue weighted by Crippen LogP contribution is 2.29. The minimum atomic E-state index is 0.256. The van der Waals surface area contributed by atoms with E-state index in [1.54, 1.807) is 11.8 Å². The Morgan fingerprint density at radius 2 is 2.05 bits per heavy atom. The molecule has 0 radical (unpaired) electrons. The Labute approximate surface area is 129 Å². The highest BCUT2D eigenvalue weighted by Gasteiger charge is 2.16. The molecule has 0 atom stereocenters. The van der Waals surface area contributed by atoms with E-state index < -0.39 is 0 Å². The van der Waals surface area contributed by atoms with Crippen LogP contribution in [0.5, 0.6) is 5.88 Å². The summed E-state index contributed by atoms with van der Waals surface area (Å²) in [7, 11) is 0. The fraction of sp³-hybridized carbons (Fsp3) is 0.400. The van der Waals surface area contributed by atoms with Crippen LogP contribution in [0.25, 0.3) is 0 Å². The lowest BCUT2D eigenvalue weighted by Gasteiger charge is -2.10. The topological polar surface area (TPSA) is 38.1 Å². The van der Waals surface area contributed by atoms with Crippen molar-refractivity contribution in [2.45, 2.75) is 38.4 Å². The van der Waals surface area contributed by atoms with Crippen molar-refractivity contribution < 1.29 is 5.11 Å². The maximum absolute atomic E-state index is 10.3. The molecule has 0 fully saturated rings. The quantitative estimate of drug-likeness (QED) is 0.806. The molecule has 3 nitrogen and oxygen atoms in total. The molecule has 108 valence electrons. The highest BCUT2D eigenvalue weighted by molar-refractivity contribution is 7.99. The fourth-order valence-electron chi connectivity index (χ4n) is 1.95. The molecule has 0 unspecified atom stereocenters. The van der Waals surface area contributed by atoms with Crippen molar-refractivity contribution in [2.75, 3.05) is 5.75 Å². The number of imidazole rings is 1. The largest absolute Gasteiger partial charge is 0.493 e. The second kappa shape index (κ2) is 7.04. The van der Waals surface area contributed by atoms with Gasteiger partial charge in [-0.3, -0.25) is 4.57 Å². The molecular weight excluding hydrogens is 292 g/mol. The summed E-state index contributed by atoms with van der Waals surface area (Å²) in [6.45, 7) is 4.68. The van der Waals surface area contributed by atoms with Crippen LogP contribution in [-0.4, -0.2) is 20.4 Å². The molecule has 1 aromatic carbocycles. The molecule has 5 heteroatoms. The van der Waals surface area contributed by atoms with Crippen molar-refractivity contribution in [3.8, 4) is 5.88 Å². The Kier molecular flexibility index (Phi) is 5.38. The smallest absolute Gasteiger partial charge is 0.215 e. The maximum atomic E-state index is 10.3. The zero-order valence-electron chi connectivity index (χ0n) is 11.8. The van der Waals surface area contributed by atoms with Gasteiger partial charge in [0.2, 0.25) is 5.88 Å². The van der Waals surface area contributed by atoms with Crippen molar-refractivity contribution in [2.24, 2.45) is 0 Å². The first-order valence-electron chi connectivity index (χ1n) is 6.81. The summed E-state index contributed by atoms with van der Waals surface area (Å²) in [6, 6.07) is 7.70. The van der Waals surface area contributed by atoms with Crippen LogP contribution in [-0.2, 0) is 13.0 Å². The van der Waals surface area contributed by atoms with Crippen LogP contribution in [0.4, 0.5) is 0 Å². The number of nitrogens with zero attached hydrogens (tertiary/aromatic N) is 2. The zero-order valence-corrected chi connectivity index (χ0v) is 13.3. The van der Waals surface area contributed by atoms with E-state index in [1.807, 2.05) is 35.8 Å². The van der Waals surface area contributed by atoms with Gasteiger partial charge in [-0.2, -0.15) is 0 Å². The number of benzene rings is 1. The molecule has 20 heavy (non-hydrogen) atoms. The summed E-state index contributed by atoms with van der Waals surface area (Å²) in [4.78, 5) is 4.52. The number of hydrogen-bond donors (Lipinski definition) is 1. The summed E-state index contributed by atoms with van der Waals surface area (Å²) >= 11 is 7.87. The van der Waals surface area contributed by atoms with Crippen molar-refractivity contribution in [1.29, 1.82) is 0 Å². The molecule has 0 aliphatic heterocycles. The molecule has 0 amide bonds. The molecule has 1 N–H and O–H groups in total. The Balaban J connectivity index is 2.34. The number of thioether (sulfide) groups is 1. The van der Waals surface area contributed by atoms with Gasteiger partial charge in [-0.05, 0) is 24.5 Å². The number of aromatic nitrogens is 2. The van der Waals surface area contributed by atoms with Crippen molar-refractivity contribution >= 4 is 23.4 Å². The van der Waals surface area contributed by atoms with Crippen LogP contribution in [0.15, 0.2) is 29.4 Å². The van der Waals surface area contributed by atoms with Crippen LogP contribution >= 0.6 is 23.4 Å². The van der Waals surface area contributed by atoms with Gasteiger partial charge in [0, 0.05) is 10.8 Å². The lowest BCUT2D eigenvalue weighted by molar-refractivity contribution is 0.411. The van der Waals surface area contributed by atoms with E-state index >= 15 is 0 Å². The number of rotatable bonds is 6. The third-order valence-electron chi connectivity index (χ3n) is 3.03. The lowest BCUT2D eigenvalue weighted by Crippen LogP contribution is -2.02. The summed E-state index contributed by atoms with van der Waals surface area (Å²) in [6.07, 6.45) is 1.80. The molecule has 0 bridgehead atoms. The fourth-order valence-corrected chi connectivity index (χ4v) is 3.02. The predicted octanol–water partition coefficient (Wildman–Crippen LogP) is 4.35. The summed E-state index contributed by atoms with van der Waals surface area (Å²) in [5.41, 5.74) is 1.73. The molecular formula is C15H19ClN2OS. The first-order chi connectivity index (χ1) is 9.67. The molecule has 2 rings (SSSR count). The number of halogens is 1. The Morgan fingerprint density at radius 3 is 2.70 bits per heavy atom. The van der Waals surface area contributed by atoms with Crippen LogP contribution in [0, 0.1) is 0 Å². The molecule has 0 spiro atoms. The van der Waals surface area contributed by atoms with Crippen LogP contribution in [0.3, 0.4) is 0 Å². The Bertz CT molecular complexity index is 583. The molecule has 0 aliphatic carbocycles. The molecule has 1 aromatic heterocycles. The summed E-state index contributed by atoms with van der Waals surface area (Å²) in [5, 5.41) is 11.9. The maximum Gasteiger partial charge on any atom is 0.215 e. The van der Waals surface area contributed by atoms with Crippen LogP contribution in [0.2, 0.25) is 5.02 Å². The first-order valence-corrected chi connectivity index (χ1v) is 8.18. The minimum absolute atomic E-state index is 0.256. The predicted molar refractivity (Wildman–Crippen MR) is 84.8 cm³/mol. The first kappa shape index (κ1) is 15.3. The van der Waals surface area contributed by atoms with Gasteiger partial charge in [-0.25, -0.2) is 4.98 Å². The van der Waals surface area contributed by atoms with Gasteiger partial charge < -0.3 is 5.11 Å². The number of aryl methyl sites for hydroxylation is 1. The second-order valence-corrected chi connectivity index (χ2v) is 6.01. The summed E-state index contributed by atoms with van der Waals surface area (Å²) < 4.78 is 1.85. The molecule has 1 heterocycles. The SMILES string of the molecule is CCCSc1nc(CC)c(O)n1Cc1ccccc1Cl. The molecule has 2 aromatic rings. The van der Waals surface area contributed by atoms with Gasteiger partial charge >= 0.3 is 0 Å². The highest BCUT2D eigenvalue weighted by atomic mass is 35.5. The monoisotopic (exact) mass is 310 g/mol. The zero-order chi connectivity index (χ0) is 14.5. The standard InChI is InChI=1S/C15H19ClN2OS/c1-3-9-20-15-17-13(4-2)14(19)18(15)10-11-7-5-6-8-12(11)16/h5-8,19H,3-4,9-10H2,1-2H3. The van der Waals surface area contributed by atoms with Crippen LogP contribution < -0.4 is 0 Å². The van der Waals surface area contributed by atoms with Crippen molar-refractivity contribution in [3.63, 3.8) is 0 Å². The number of hydrogen-bond acceptors (Lipinski definition) is 3. The summed E-state index contributed by atoms with van der Waals surface area (Å²) in [5.74, 6) is 1.24. The van der Waals surface area contributed by atoms with Crippen molar-refractivity contribution in [1.82, 2.24) is 9.55 Å². The van der Waals surface area contributed by atoms with Crippen molar-refractivity contribution in [3.05, 3.63) is 40.5 Å². The molecule has 0 saturated heterocycles. The van der Waals surface area contributed by atoms with Gasteiger partial charge in [0.25, 0.3) is 0 Å². The van der Waals surface area contributed by atoms with E-state index in [9.17, 15) is 5.11 Å². The van der Waals surface area contributed by atoms with E-state index in [-0.39, 0.29) is 5.88 Å². The van der Waals surface area contributed by atoms with E-state index in [0.29, 0.717) is 11.6 Å². The molecule has 0 saturated carbocycles. The second-order valence-electron chi connectivity index (χ2n) is 4.54. The van der Waals surface area contributed by atoms with Gasteiger partial charge in [0.1, 0.15) is 5.69 Å². The van der Waals surface area contributed by atoms with Crippen LogP contribution in [0.1, 0.15) is 31.5 Å². The number of aromatic hydroxyl groups is 1. The van der Waals surface area contributed by atoms with E-state index in [0.717, 1.165) is 35.0 Å². The van der Waals surface area contributed by atoms with E-state index in [1.165, 1.54) is 0 Å². The van der Waals surface area contributed by atoms with Gasteiger partial charge in [0.15, 0.2) is 5.16 Å². The third kappa shape index (κ3) is 3.30. The average molecular weight is 311 g/mol. The van der Waals surface area contributed by atoms with Gasteiger partial charge in [-0.15, -0.1) is 0 Å². The molecule has 0 aliphatic rings. The van der Waals surface area contributed by atoms with E-state index in [2.05, 4.69) is 11.9 Å². The average Bonchev–Trinajstić information content (AvgIpc) is 2.75. The normalized spacial score (nSPS) is 10.9. The van der Waals surface area contributed by atoms with E-state index in [4.69, 9.17) is 11.6 Å². The van der Waals surface area contributed by atoms with Gasteiger partial charge in [-0.1, -0.05) is 55.4 Å². The Hall–Kier alpha value is -1.13. The lowest BCUT2D eigenvalue weighted by atomic mass is 10.2. The Morgan fingerprint density at radius 1 is 1.30 bits per heavy atom. The van der Waals surface area contributed by atoms with Gasteiger partial charge in [0.05, 0.1) is 6.54 Å². The minimum Gasteiger partial charge on any atom is -0.493 e. The third-order valence-corrected chi connectivity index (χ3v) is 4.58.